The molecule has 5 rings (SSSR count). The summed E-state index contributed by atoms with van der Waals surface area (Å²) in [6.07, 6.45) is -3.76. The Morgan fingerprint density at radius 1 is 1.05 bits per heavy atom. The highest BCUT2D eigenvalue weighted by Gasteiger charge is 2.47. The van der Waals surface area contributed by atoms with Gasteiger partial charge in [-0.05, 0) is 18.2 Å². The summed E-state index contributed by atoms with van der Waals surface area (Å²) in [6.45, 7) is -1.03. The van der Waals surface area contributed by atoms with Crippen molar-refractivity contribution in [3.05, 3.63) is 83.3 Å². The minimum absolute atomic E-state index is 0.0496. The molecule has 1 aliphatic heterocycles. The van der Waals surface area contributed by atoms with E-state index in [1.807, 2.05) is 0 Å². The number of fused-ring (bicyclic) bond motifs is 1. The van der Waals surface area contributed by atoms with Gasteiger partial charge in [-0.25, -0.2) is 8.78 Å². The molecule has 1 aromatic heterocycles. The fraction of sp³-hybridized carbons (Fsp3) is 0.185. The number of likely N-dealkylation sites (tertiary alicyclic amines) is 1. The summed E-state index contributed by atoms with van der Waals surface area (Å²) in [4.78, 5) is 39.1. The fourth-order valence-corrected chi connectivity index (χ4v) is 4.95. The van der Waals surface area contributed by atoms with Crippen LogP contribution in [0.5, 0.6) is 0 Å². The summed E-state index contributed by atoms with van der Waals surface area (Å²) in [6, 6.07) is 15.8. The molecule has 4 aromatic rings. The number of alkyl halides is 1. The Labute approximate surface area is 225 Å². The number of amides is 3. The van der Waals surface area contributed by atoms with Crippen LogP contribution in [-0.2, 0) is 16.1 Å². The number of hydrogen-bond donors (Lipinski definition) is 3. The first-order valence-corrected chi connectivity index (χ1v) is 12.3. The van der Waals surface area contributed by atoms with E-state index >= 15 is 4.39 Å². The van der Waals surface area contributed by atoms with E-state index in [-0.39, 0.29) is 16.9 Å². The number of halogens is 3. The molecule has 3 amide bonds. The minimum atomic E-state index is -1.92. The van der Waals surface area contributed by atoms with Gasteiger partial charge < -0.3 is 21.1 Å². The molecule has 12 heteroatoms. The van der Waals surface area contributed by atoms with Crippen molar-refractivity contribution in [1.82, 2.24) is 14.7 Å². The van der Waals surface area contributed by atoms with E-state index in [9.17, 15) is 23.9 Å². The first-order valence-electron chi connectivity index (χ1n) is 11.9. The third-order valence-corrected chi connectivity index (χ3v) is 6.92. The molecule has 39 heavy (non-hydrogen) atoms. The van der Waals surface area contributed by atoms with Crippen LogP contribution in [0, 0.1) is 5.82 Å². The number of anilines is 1. The van der Waals surface area contributed by atoms with Gasteiger partial charge in [0.2, 0.25) is 11.8 Å². The van der Waals surface area contributed by atoms with Crippen molar-refractivity contribution >= 4 is 45.9 Å². The molecule has 1 saturated heterocycles. The Bertz CT molecular complexity index is 1610. The van der Waals surface area contributed by atoms with Crippen LogP contribution in [0.1, 0.15) is 10.5 Å². The van der Waals surface area contributed by atoms with Crippen molar-refractivity contribution in [3.63, 3.8) is 0 Å². The number of primary amides is 1. The highest BCUT2D eigenvalue weighted by Crippen LogP contribution is 2.33. The van der Waals surface area contributed by atoms with E-state index in [4.69, 9.17) is 17.3 Å². The Kier molecular flexibility index (Phi) is 7.02. The lowest BCUT2D eigenvalue weighted by atomic mass is 10.0. The summed E-state index contributed by atoms with van der Waals surface area (Å²) in [5.41, 5.74) is 6.07. The van der Waals surface area contributed by atoms with Gasteiger partial charge >= 0.3 is 0 Å². The highest BCUT2D eigenvalue weighted by molar-refractivity contribution is 6.33. The molecule has 0 spiro atoms. The fourth-order valence-electron chi connectivity index (χ4n) is 4.72. The van der Waals surface area contributed by atoms with Crippen molar-refractivity contribution in [3.8, 4) is 11.1 Å². The van der Waals surface area contributed by atoms with Gasteiger partial charge in [0, 0.05) is 21.5 Å². The van der Waals surface area contributed by atoms with Gasteiger partial charge in [0.15, 0.2) is 11.5 Å². The van der Waals surface area contributed by atoms with Crippen molar-refractivity contribution in [2.45, 2.75) is 24.9 Å². The average Bonchev–Trinajstić information content (AvgIpc) is 3.43. The number of aliphatic hydroxyl groups excluding tert-OH is 1. The minimum Gasteiger partial charge on any atom is -0.387 e. The first-order chi connectivity index (χ1) is 18.7. The molecule has 1 fully saturated rings. The van der Waals surface area contributed by atoms with Crippen molar-refractivity contribution < 1.29 is 28.3 Å². The summed E-state index contributed by atoms with van der Waals surface area (Å²) < 4.78 is 31.2. The number of nitrogens with one attached hydrogen (secondary N) is 1. The van der Waals surface area contributed by atoms with Gasteiger partial charge in [-0.15, -0.1) is 0 Å². The molecule has 1 aliphatic rings. The monoisotopic (exact) mass is 553 g/mol. The van der Waals surface area contributed by atoms with Crippen LogP contribution >= 0.6 is 11.6 Å². The lowest BCUT2D eigenvalue weighted by molar-refractivity contribution is -0.139. The zero-order valence-electron chi connectivity index (χ0n) is 20.2. The Morgan fingerprint density at radius 2 is 1.74 bits per heavy atom. The molecular formula is C27H22ClF2N5O4. The third-order valence-electron chi connectivity index (χ3n) is 6.59. The van der Waals surface area contributed by atoms with Crippen LogP contribution in [-0.4, -0.2) is 62.4 Å². The van der Waals surface area contributed by atoms with Crippen LogP contribution in [0.4, 0.5) is 14.5 Å². The Hall–Kier alpha value is -4.35. The molecule has 2 heterocycles. The Morgan fingerprint density at radius 3 is 2.49 bits per heavy atom. The van der Waals surface area contributed by atoms with Gasteiger partial charge in [-0.2, -0.15) is 5.10 Å². The normalized spacial score (nSPS) is 18.9. The Balaban J connectivity index is 1.41. The van der Waals surface area contributed by atoms with Gasteiger partial charge in [-0.1, -0.05) is 60.1 Å². The van der Waals surface area contributed by atoms with Crippen LogP contribution in [0.2, 0.25) is 5.02 Å². The van der Waals surface area contributed by atoms with Crippen molar-refractivity contribution in [1.29, 1.82) is 0 Å². The van der Waals surface area contributed by atoms with E-state index in [1.54, 1.807) is 48.5 Å². The number of nitrogens with two attached hydrogens (primary N) is 1. The molecule has 0 bridgehead atoms. The van der Waals surface area contributed by atoms with E-state index in [2.05, 4.69) is 10.4 Å². The number of nitrogens with zero attached hydrogens (tertiary/aromatic N) is 3. The molecule has 0 saturated carbocycles. The van der Waals surface area contributed by atoms with Crippen LogP contribution in [0.3, 0.4) is 0 Å². The molecule has 9 nitrogen and oxygen atoms in total. The molecule has 0 radical (unpaired) electrons. The third kappa shape index (κ3) is 4.82. The maximum atomic E-state index is 15.4. The van der Waals surface area contributed by atoms with E-state index in [0.29, 0.717) is 21.5 Å². The molecule has 4 N–H and O–H groups in total. The van der Waals surface area contributed by atoms with E-state index < -0.39 is 54.9 Å². The zero-order chi connectivity index (χ0) is 27.8. The summed E-state index contributed by atoms with van der Waals surface area (Å²) in [5.74, 6) is -3.31. The SMILES string of the molecule is NC(=O)c1nn(CC(=O)N2C[C@H](F)[C@@H](O)[C@H]2C(=O)Nc2cccc(-c3ccccc3Cl)c2F)c2ccccc12. The van der Waals surface area contributed by atoms with Gasteiger partial charge in [-0.3, -0.25) is 19.1 Å². The molecule has 200 valence electrons. The van der Waals surface area contributed by atoms with Crippen molar-refractivity contribution in [2.75, 3.05) is 11.9 Å². The number of rotatable bonds is 6. The predicted octanol–water partition coefficient (Wildman–Crippen LogP) is 3.14. The van der Waals surface area contributed by atoms with Crippen LogP contribution in [0.25, 0.3) is 22.0 Å². The molecule has 0 unspecified atom stereocenters. The summed E-state index contributed by atoms with van der Waals surface area (Å²) in [7, 11) is 0. The predicted molar refractivity (Wildman–Crippen MR) is 140 cm³/mol. The number of carbonyl (C=O) groups excluding carboxylic acids is 3. The number of benzene rings is 3. The topological polar surface area (TPSA) is 131 Å². The number of carbonyl (C=O) groups is 3. The standard InChI is InChI=1S/C27H22ClF2N5O4/c28-17-9-3-1-6-14(17)15-8-5-10-19(22(15)30)32-27(39)24-25(37)18(29)12-34(24)21(36)13-35-20-11-4-2-7-16(20)23(33-35)26(31)38/h1-11,18,24-25,37H,12-13H2,(H2,31,38)(H,32,39)/t18-,24-,25+/m0/s1. The van der Waals surface area contributed by atoms with Gasteiger partial charge in [0.25, 0.3) is 5.91 Å². The maximum absolute atomic E-state index is 15.4. The van der Waals surface area contributed by atoms with Gasteiger partial charge in [0.1, 0.15) is 24.9 Å². The number of hydrogen-bond acceptors (Lipinski definition) is 5. The largest absolute Gasteiger partial charge is 0.387 e. The average molecular weight is 554 g/mol. The zero-order valence-corrected chi connectivity index (χ0v) is 21.0. The van der Waals surface area contributed by atoms with E-state index in [1.165, 1.54) is 22.9 Å². The second kappa shape index (κ2) is 10.4. The highest BCUT2D eigenvalue weighted by atomic mass is 35.5. The summed E-state index contributed by atoms with van der Waals surface area (Å²) in [5, 5.41) is 17.7. The van der Waals surface area contributed by atoms with E-state index in [0.717, 1.165) is 4.90 Å². The molecule has 3 aromatic carbocycles. The maximum Gasteiger partial charge on any atom is 0.269 e. The second-order valence-corrected chi connectivity index (χ2v) is 9.43. The lowest BCUT2D eigenvalue weighted by Gasteiger charge is -2.25. The molecule has 3 atom stereocenters. The van der Waals surface area contributed by atoms with Crippen molar-refractivity contribution in [2.24, 2.45) is 5.73 Å². The van der Waals surface area contributed by atoms with Crippen LogP contribution < -0.4 is 11.1 Å². The quantitative estimate of drug-likeness (QED) is 0.338. The second-order valence-electron chi connectivity index (χ2n) is 9.02. The van der Waals surface area contributed by atoms with Gasteiger partial charge in [0.05, 0.1) is 17.7 Å². The number of para-hydroxylation sites is 1. The summed E-state index contributed by atoms with van der Waals surface area (Å²) >= 11 is 6.20. The number of aromatic nitrogens is 2. The molecule has 0 aliphatic carbocycles. The smallest absolute Gasteiger partial charge is 0.269 e. The lowest BCUT2D eigenvalue weighted by Crippen LogP contribution is -2.49. The first kappa shape index (κ1) is 26.3. The molecular weight excluding hydrogens is 532 g/mol. The van der Waals surface area contributed by atoms with Crippen LogP contribution in [0.15, 0.2) is 66.7 Å². The number of aliphatic hydroxyl groups is 1.